The van der Waals surface area contributed by atoms with Gasteiger partial charge < -0.3 is 4.74 Å². The van der Waals surface area contributed by atoms with Crippen LogP contribution < -0.4 is 0 Å². The van der Waals surface area contributed by atoms with E-state index < -0.39 is 5.97 Å². The maximum Gasteiger partial charge on any atom is 0.357 e. The molecule has 1 heterocycles. The van der Waals surface area contributed by atoms with E-state index >= 15 is 0 Å². The van der Waals surface area contributed by atoms with Gasteiger partial charge in [-0.3, -0.25) is 0 Å². The van der Waals surface area contributed by atoms with Gasteiger partial charge in [-0.2, -0.15) is 0 Å². The molecule has 0 aliphatic heterocycles. The highest BCUT2D eigenvalue weighted by molar-refractivity contribution is 6.30. The predicted molar refractivity (Wildman–Crippen MR) is 93.9 cm³/mol. The topological polar surface area (TPSA) is 52.1 Å². The van der Waals surface area contributed by atoms with Crippen LogP contribution in [0.5, 0.6) is 0 Å². The summed E-state index contributed by atoms with van der Waals surface area (Å²) in [7, 11) is 0. The number of nitrogens with zero attached hydrogens (tertiary/aromatic N) is 2. The van der Waals surface area contributed by atoms with Crippen molar-refractivity contribution in [3.8, 4) is 22.4 Å². The van der Waals surface area contributed by atoms with Crippen LogP contribution in [0.3, 0.4) is 0 Å². The summed E-state index contributed by atoms with van der Waals surface area (Å²) < 4.78 is 5.15. The summed E-state index contributed by atoms with van der Waals surface area (Å²) in [5, 5.41) is 0.620. The normalized spacial score (nSPS) is 10.4. The minimum atomic E-state index is -0.470. The lowest BCUT2D eigenvalue weighted by Gasteiger charge is -2.13. The van der Waals surface area contributed by atoms with Crippen LogP contribution >= 0.6 is 11.6 Å². The van der Waals surface area contributed by atoms with Gasteiger partial charge in [0.05, 0.1) is 12.3 Å². The molecule has 0 atom stereocenters. The maximum atomic E-state index is 12.4. The summed E-state index contributed by atoms with van der Waals surface area (Å²) in [5.41, 5.74) is 3.26. The molecule has 0 unspecified atom stereocenters. The molecule has 0 aliphatic carbocycles. The van der Waals surface area contributed by atoms with Gasteiger partial charge in [0.25, 0.3) is 0 Å². The number of hydrogen-bond donors (Lipinski definition) is 0. The van der Waals surface area contributed by atoms with Crippen LogP contribution in [0.15, 0.2) is 60.9 Å². The average molecular weight is 339 g/mol. The maximum absolute atomic E-state index is 12.4. The van der Waals surface area contributed by atoms with Crippen LogP contribution in [0.25, 0.3) is 22.4 Å². The van der Waals surface area contributed by atoms with Crippen molar-refractivity contribution < 1.29 is 9.53 Å². The van der Waals surface area contributed by atoms with Gasteiger partial charge in [-0.05, 0) is 24.6 Å². The minimum Gasteiger partial charge on any atom is -0.461 e. The largest absolute Gasteiger partial charge is 0.461 e. The molecule has 1 aromatic heterocycles. The number of hydrogen-bond acceptors (Lipinski definition) is 4. The van der Waals surface area contributed by atoms with E-state index in [0.29, 0.717) is 16.3 Å². The molecule has 0 saturated carbocycles. The van der Waals surface area contributed by atoms with Crippen LogP contribution in [0.4, 0.5) is 0 Å². The van der Waals surface area contributed by atoms with E-state index in [1.807, 2.05) is 42.5 Å². The highest BCUT2D eigenvalue weighted by Gasteiger charge is 2.21. The van der Waals surface area contributed by atoms with E-state index in [-0.39, 0.29) is 12.3 Å². The molecule has 0 aliphatic rings. The van der Waals surface area contributed by atoms with Crippen LogP contribution in [0.1, 0.15) is 17.4 Å². The summed E-state index contributed by atoms with van der Waals surface area (Å²) in [5.74, 6) is -0.470. The van der Waals surface area contributed by atoms with Crippen LogP contribution in [0.2, 0.25) is 5.02 Å². The third kappa shape index (κ3) is 3.29. The molecular formula is C19H15ClN2O2. The van der Waals surface area contributed by atoms with Crippen LogP contribution in [-0.2, 0) is 4.74 Å². The molecule has 2 aromatic carbocycles. The highest BCUT2D eigenvalue weighted by Crippen LogP contribution is 2.33. The quantitative estimate of drug-likeness (QED) is 0.650. The molecule has 0 fully saturated rings. The molecule has 0 spiro atoms. The summed E-state index contributed by atoms with van der Waals surface area (Å²) in [4.78, 5) is 20.9. The Hall–Kier alpha value is -2.72. The van der Waals surface area contributed by atoms with E-state index in [4.69, 9.17) is 16.3 Å². The zero-order chi connectivity index (χ0) is 16.9. The van der Waals surface area contributed by atoms with Gasteiger partial charge in [0.1, 0.15) is 6.33 Å². The molecular weight excluding hydrogens is 324 g/mol. The number of carbonyl (C=O) groups is 1. The van der Waals surface area contributed by atoms with Gasteiger partial charge >= 0.3 is 5.97 Å². The zero-order valence-corrected chi connectivity index (χ0v) is 13.8. The molecule has 3 aromatic rings. The third-order valence-electron chi connectivity index (χ3n) is 3.50. The zero-order valence-electron chi connectivity index (χ0n) is 13.1. The first-order valence-electron chi connectivity index (χ1n) is 7.54. The number of halogens is 1. The fraction of sp³-hybridized carbons (Fsp3) is 0.105. The average Bonchev–Trinajstić information content (AvgIpc) is 2.63. The fourth-order valence-electron chi connectivity index (χ4n) is 2.44. The van der Waals surface area contributed by atoms with Gasteiger partial charge in [-0.1, -0.05) is 54.1 Å². The van der Waals surface area contributed by atoms with Gasteiger partial charge in [0.15, 0.2) is 5.69 Å². The Labute approximate surface area is 145 Å². The molecule has 5 heteroatoms. The Morgan fingerprint density at radius 3 is 2.38 bits per heavy atom. The summed E-state index contributed by atoms with van der Waals surface area (Å²) in [6.07, 6.45) is 1.38. The second kappa shape index (κ2) is 7.23. The first-order valence-corrected chi connectivity index (χ1v) is 7.92. The van der Waals surface area contributed by atoms with Crippen molar-refractivity contribution >= 4 is 17.6 Å². The number of benzene rings is 2. The lowest BCUT2D eigenvalue weighted by atomic mass is 9.97. The molecule has 0 N–H and O–H groups in total. The highest BCUT2D eigenvalue weighted by atomic mass is 35.5. The number of ether oxygens (including phenoxy) is 1. The van der Waals surface area contributed by atoms with Gasteiger partial charge in [0.2, 0.25) is 0 Å². The van der Waals surface area contributed by atoms with Gasteiger partial charge in [0, 0.05) is 16.1 Å². The fourth-order valence-corrected chi connectivity index (χ4v) is 2.57. The summed E-state index contributed by atoms with van der Waals surface area (Å²) >= 11 is 5.99. The Balaban J connectivity index is 2.24. The predicted octanol–water partition coefficient (Wildman–Crippen LogP) is 4.64. The molecule has 0 amide bonds. The van der Waals surface area contributed by atoms with Crippen molar-refractivity contribution in [2.45, 2.75) is 6.92 Å². The SMILES string of the molecule is CCOC(=O)c1ncnc(-c2ccccc2)c1-c1ccc(Cl)cc1. The molecule has 0 bridgehead atoms. The molecule has 24 heavy (non-hydrogen) atoms. The van der Waals surface area contributed by atoms with E-state index in [0.717, 1.165) is 11.1 Å². The standard InChI is InChI=1S/C19H15ClN2O2/c1-2-24-19(23)18-16(13-8-10-15(20)11-9-13)17(21-12-22-18)14-6-4-3-5-7-14/h3-12H,2H2,1H3. The number of carbonyl (C=O) groups excluding carboxylic acids is 1. The number of rotatable bonds is 4. The van der Waals surface area contributed by atoms with Crippen LogP contribution in [-0.4, -0.2) is 22.5 Å². The monoisotopic (exact) mass is 338 g/mol. The van der Waals surface area contributed by atoms with Crippen molar-refractivity contribution in [2.75, 3.05) is 6.61 Å². The van der Waals surface area contributed by atoms with E-state index in [1.165, 1.54) is 6.33 Å². The van der Waals surface area contributed by atoms with Crippen molar-refractivity contribution in [1.82, 2.24) is 9.97 Å². The Bertz CT molecular complexity index is 849. The third-order valence-corrected chi connectivity index (χ3v) is 3.75. The van der Waals surface area contributed by atoms with E-state index in [1.54, 1.807) is 19.1 Å². The van der Waals surface area contributed by atoms with Crippen molar-refractivity contribution in [2.24, 2.45) is 0 Å². The Morgan fingerprint density at radius 2 is 1.71 bits per heavy atom. The first-order chi connectivity index (χ1) is 11.7. The lowest BCUT2D eigenvalue weighted by molar-refractivity contribution is 0.0520. The molecule has 120 valence electrons. The summed E-state index contributed by atoms with van der Waals surface area (Å²) in [6, 6.07) is 16.9. The minimum absolute atomic E-state index is 0.244. The molecule has 0 saturated heterocycles. The lowest BCUT2D eigenvalue weighted by Crippen LogP contribution is -2.10. The van der Waals surface area contributed by atoms with Gasteiger partial charge in [-0.25, -0.2) is 14.8 Å². The second-order valence-corrected chi connectivity index (χ2v) is 5.48. The second-order valence-electron chi connectivity index (χ2n) is 5.04. The Kier molecular flexibility index (Phi) is 4.87. The smallest absolute Gasteiger partial charge is 0.357 e. The molecule has 3 rings (SSSR count). The van der Waals surface area contributed by atoms with Crippen molar-refractivity contribution in [3.05, 3.63) is 71.6 Å². The molecule has 4 nitrogen and oxygen atoms in total. The number of esters is 1. The van der Waals surface area contributed by atoms with E-state index in [2.05, 4.69) is 9.97 Å². The van der Waals surface area contributed by atoms with Gasteiger partial charge in [-0.15, -0.1) is 0 Å². The first kappa shape index (κ1) is 16.1. The van der Waals surface area contributed by atoms with Crippen molar-refractivity contribution in [3.63, 3.8) is 0 Å². The number of aromatic nitrogens is 2. The van der Waals surface area contributed by atoms with Crippen LogP contribution in [0, 0.1) is 0 Å². The Morgan fingerprint density at radius 1 is 1.00 bits per heavy atom. The summed E-state index contributed by atoms with van der Waals surface area (Å²) in [6.45, 7) is 2.04. The van der Waals surface area contributed by atoms with E-state index in [9.17, 15) is 4.79 Å². The van der Waals surface area contributed by atoms with Crippen molar-refractivity contribution in [1.29, 1.82) is 0 Å². The molecule has 0 radical (unpaired) electrons.